The van der Waals surface area contributed by atoms with Crippen molar-refractivity contribution < 1.29 is 14.0 Å². The Hall–Kier alpha value is -1.86. The van der Waals surface area contributed by atoms with Crippen molar-refractivity contribution in [1.82, 2.24) is 16.0 Å². The number of piperidine rings is 1. The van der Waals surface area contributed by atoms with Crippen LogP contribution in [-0.2, 0) is 0 Å². The molecule has 3 fully saturated rings. The molecule has 3 N–H and O–H groups in total. The smallest absolute Gasteiger partial charge is 0.321 e. The summed E-state index contributed by atoms with van der Waals surface area (Å²) in [6.07, 6.45) is 4.06. The molecule has 136 valence electrons. The van der Waals surface area contributed by atoms with Gasteiger partial charge in [0.05, 0.1) is 5.56 Å². The summed E-state index contributed by atoms with van der Waals surface area (Å²) in [6, 6.07) is 5.02. The highest BCUT2D eigenvalue weighted by atomic mass is 35.5. The van der Waals surface area contributed by atoms with Gasteiger partial charge in [0.25, 0.3) is 5.91 Å². The lowest BCUT2D eigenvalue weighted by Crippen LogP contribution is -2.48. The maximum Gasteiger partial charge on any atom is 0.321 e. The van der Waals surface area contributed by atoms with Crippen LogP contribution in [0.15, 0.2) is 18.2 Å². The number of rotatable bonds is 3. The van der Waals surface area contributed by atoms with Crippen molar-refractivity contribution in [1.29, 1.82) is 0 Å². The van der Waals surface area contributed by atoms with E-state index >= 15 is 0 Å². The lowest BCUT2D eigenvalue weighted by molar-refractivity contribution is 0.0920. The minimum absolute atomic E-state index is 0. The van der Waals surface area contributed by atoms with Crippen molar-refractivity contribution in [3.8, 4) is 0 Å². The van der Waals surface area contributed by atoms with Gasteiger partial charge in [-0.25, -0.2) is 9.18 Å². The molecule has 4 rings (SSSR count). The molecule has 2 unspecified atom stereocenters. The van der Waals surface area contributed by atoms with E-state index in [1.807, 2.05) is 0 Å². The average molecular weight is 369 g/mol. The first kappa shape index (κ1) is 17.9. The molecular weight excluding hydrogens is 347 g/mol. The quantitative estimate of drug-likeness (QED) is 0.761. The molecule has 0 aliphatic carbocycles. The fourth-order valence-electron chi connectivity index (χ4n) is 4.01. The van der Waals surface area contributed by atoms with Gasteiger partial charge in [-0.15, -0.1) is 12.4 Å². The zero-order valence-corrected chi connectivity index (χ0v) is 14.6. The molecule has 3 saturated heterocycles. The van der Waals surface area contributed by atoms with Gasteiger partial charge in [-0.2, -0.15) is 0 Å². The summed E-state index contributed by atoms with van der Waals surface area (Å²) < 4.78 is 14.1. The van der Waals surface area contributed by atoms with Crippen LogP contribution >= 0.6 is 12.4 Å². The Balaban J connectivity index is 0.00000182. The summed E-state index contributed by atoms with van der Waals surface area (Å²) in [4.78, 5) is 25.8. The molecule has 0 aromatic heterocycles. The fourth-order valence-corrected chi connectivity index (χ4v) is 4.01. The van der Waals surface area contributed by atoms with Crippen LogP contribution in [0.1, 0.15) is 36.0 Å². The summed E-state index contributed by atoms with van der Waals surface area (Å²) in [5.74, 6) is -0.965. The molecule has 1 aromatic carbocycles. The van der Waals surface area contributed by atoms with E-state index < -0.39 is 11.7 Å². The zero-order chi connectivity index (χ0) is 16.7. The van der Waals surface area contributed by atoms with Gasteiger partial charge in [0.1, 0.15) is 5.82 Å². The molecule has 25 heavy (non-hydrogen) atoms. The molecular formula is C17H22ClFN4O2. The molecule has 3 aliphatic heterocycles. The first-order valence-electron chi connectivity index (χ1n) is 8.52. The van der Waals surface area contributed by atoms with Gasteiger partial charge >= 0.3 is 6.03 Å². The lowest BCUT2D eigenvalue weighted by Gasteiger charge is -2.29. The third kappa shape index (κ3) is 3.57. The highest BCUT2D eigenvalue weighted by Crippen LogP contribution is 2.27. The highest BCUT2D eigenvalue weighted by Gasteiger charge is 2.34. The van der Waals surface area contributed by atoms with E-state index in [-0.39, 0.29) is 30.0 Å². The van der Waals surface area contributed by atoms with Crippen LogP contribution < -0.4 is 20.9 Å². The SMILES string of the molecule is Cl.O=C(NC1CC2CCC(C1)N2)c1cc(N2CCNC2=O)ccc1F. The molecule has 3 amide bonds. The lowest BCUT2D eigenvalue weighted by atomic mass is 9.99. The number of anilines is 1. The largest absolute Gasteiger partial charge is 0.349 e. The number of fused-ring (bicyclic) bond motifs is 2. The van der Waals surface area contributed by atoms with Gasteiger partial charge in [0, 0.05) is 36.9 Å². The predicted molar refractivity (Wildman–Crippen MR) is 94.8 cm³/mol. The number of hydrogen-bond acceptors (Lipinski definition) is 3. The molecule has 1 aromatic rings. The standard InChI is InChI=1S/C17H21FN4O2.ClH/c18-15-4-3-13(22-6-5-19-17(22)24)9-14(15)16(23)21-12-7-10-1-2-11(8-12)20-10;/h3-4,9-12,20H,1-2,5-8H2,(H,19,24)(H,21,23);1H. The third-order valence-corrected chi connectivity index (χ3v) is 5.17. The minimum Gasteiger partial charge on any atom is -0.349 e. The predicted octanol–water partition coefficient (Wildman–Crippen LogP) is 1.79. The van der Waals surface area contributed by atoms with Crippen molar-refractivity contribution in [2.75, 3.05) is 18.0 Å². The van der Waals surface area contributed by atoms with Crippen molar-refractivity contribution in [2.45, 2.75) is 43.8 Å². The van der Waals surface area contributed by atoms with E-state index in [9.17, 15) is 14.0 Å². The first-order chi connectivity index (χ1) is 11.6. The van der Waals surface area contributed by atoms with E-state index in [0.717, 1.165) is 25.7 Å². The number of benzene rings is 1. The minimum atomic E-state index is -0.562. The molecule has 2 bridgehead atoms. The monoisotopic (exact) mass is 368 g/mol. The Morgan fingerprint density at radius 1 is 1.24 bits per heavy atom. The normalized spacial score (nSPS) is 27.6. The summed E-state index contributed by atoms with van der Waals surface area (Å²) >= 11 is 0. The number of nitrogens with zero attached hydrogens (tertiary/aromatic N) is 1. The molecule has 0 radical (unpaired) electrons. The van der Waals surface area contributed by atoms with E-state index in [1.54, 1.807) is 0 Å². The second-order valence-corrected chi connectivity index (χ2v) is 6.83. The van der Waals surface area contributed by atoms with E-state index in [1.165, 1.54) is 23.1 Å². The van der Waals surface area contributed by atoms with Crippen molar-refractivity contribution in [3.05, 3.63) is 29.6 Å². The van der Waals surface area contributed by atoms with Gasteiger partial charge in [0.15, 0.2) is 0 Å². The number of amides is 3. The average Bonchev–Trinajstić information content (AvgIpc) is 3.13. The van der Waals surface area contributed by atoms with Crippen molar-refractivity contribution in [3.63, 3.8) is 0 Å². The number of carbonyl (C=O) groups excluding carboxylic acids is 2. The van der Waals surface area contributed by atoms with Gasteiger partial charge in [-0.05, 0) is 43.9 Å². The Morgan fingerprint density at radius 3 is 2.60 bits per heavy atom. The van der Waals surface area contributed by atoms with Crippen molar-refractivity contribution in [2.24, 2.45) is 0 Å². The van der Waals surface area contributed by atoms with Gasteiger partial charge in [-0.1, -0.05) is 0 Å². The Bertz CT molecular complexity index is 675. The molecule has 6 nitrogen and oxygen atoms in total. The second-order valence-electron chi connectivity index (χ2n) is 6.83. The number of halogens is 2. The molecule has 0 saturated carbocycles. The van der Waals surface area contributed by atoms with Crippen LogP contribution in [0.4, 0.5) is 14.9 Å². The third-order valence-electron chi connectivity index (χ3n) is 5.17. The highest BCUT2D eigenvalue weighted by molar-refractivity contribution is 5.98. The molecule has 3 heterocycles. The molecule has 0 spiro atoms. The topological polar surface area (TPSA) is 73.5 Å². The van der Waals surface area contributed by atoms with Gasteiger partial charge < -0.3 is 16.0 Å². The number of hydrogen-bond donors (Lipinski definition) is 3. The van der Waals surface area contributed by atoms with E-state index in [2.05, 4.69) is 16.0 Å². The molecule has 3 aliphatic rings. The van der Waals surface area contributed by atoms with Crippen LogP contribution in [0.5, 0.6) is 0 Å². The first-order valence-corrected chi connectivity index (χ1v) is 8.52. The maximum atomic E-state index is 14.1. The summed E-state index contributed by atoms with van der Waals surface area (Å²) in [7, 11) is 0. The summed E-state index contributed by atoms with van der Waals surface area (Å²) in [5.41, 5.74) is 0.542. The Kier molecular flexibility index (Phi) is 5.15. The Morgan fingerprint density at radius 2 is 1.96 bits per heavy atom. The van der Waals surface area contributed by atoms with Crippen LogP contribution in [0.2, 0.25) is 0 Å². The summed E-state index contributed by atoms with van der Waals surface area (Å²) in [5, 5.41) is 9.19. The number of carbonyl (C=O) groups is 2. The number of nitrogens with one attached hydrogen (secondary N) is 3. The van der Waals surface area contributed by atoms with Crippen molar-refractivity contribution >= 4 is 30.0 Å². The molecule has 8 heteroatoms. The van der Waals surface area contributed by atoms with E-state index in [0.29, 0.717) is 30.9 Å². The van der Waals surface area contributed by atoms with Crippen LogP contribution in [0.3, 0.4) is 0 Å². The summed E-state index contributed by atoms with van der Waals surface area (Å²) in [6.45, 7) is 1.07. The van der Waals surface area contributed by atoms with E-state index in [4.69, 9.17) is 0 Å². The molecule has 2 atom stereocenters. The van der Waals surface area contributed by atoms with Gasteiger partial charge in [-0.3, -0.25) is 9.69 Å². The fraction of sp³-hybridized carbons (Fsp3) is 0.529. The Labute approximate surface area is 151 Å². The maximum absolute atomic E-state index is 14.1. The second kappa shape index (κ2) is 7.17. The van der Waals surface area contributed by atoms with Crippen LogP contribution in [0.25, 0.3) is 0 Å². The van der Waals surface area contributed by atoms with Crippen LogP contribution in [-0.4, -0.2) is 43.2 Å². The van der Waals surface area contributed by atoms with Gasteiger partial charge in [0.2, 0.25) is 0 Å². The van der Waals surface area contributed by atoms with Crippen LogP contribution in [0, 0.1) is 5.82 Å². The number of urea groups is 1. The zero-order valence-electron chi connectivity index (χ0n) is 13.8.